The van der Waals surface area contributed by atoms with Crippen LogP contribution in [0.3, 0.4) is 0 Å². The third-order valence-corrected chi connectivity index (χ3v) is 5.84. The maximum atomic E-state index is 13.0. The Morgan fingerprint density at radius 1 is 1.20 bits per heavy atom. The predicted molar refractivity (Wildman–Crippen MR) is 121 cm³/mol. The first-order chi connectivity index (χ1) is 14.1. The van der Waals surface area contributed by atoms with Crippen molar-refractivity contribution < 1.29 is 13.2 Å². The molecule has 8 heteroatoms. The Kier molecular flexibility index (Phi) is 7.14. The maximum Gasteiger partial charge on any atom is 0.417 e. The van der Waals surface area contributed by atoms with Gasteiger partial charge in [0.05, 0.1) is 16.6 Å². The first-order valence-corrected chi connectivity index (χ1v) is 10.7. The summed E-state index contributed by atoms with van der Waals surface area (Å²) in [6.45, 7) is 6.38. The number of nitrogens with one attached hydrogen (secondary N) is 2. The number of rotatable bonds is 4. The van der Waals surface area contributed by atoms with Crippen molar-refractivity contribution in [3.63, 3.8) is 0 Å². The van der Waals surface area contributed by atoms with Gasteiger partial charge in [-0.25, -0.2) is 0 Å². The molecule has 2 aromatic carbocycles. The Labute approximate surface area is 185 Å². The summed E-state index contributed by atoms with van der Waals surface area (Å²) in [7, 11) is 0. The fourth-order valence-corrected chi connectivity index (χ4v) is 4.18. The fraction of sp³-hybridized carbons (Fsp3) is 0.409. The molecule has 1 aliphatic heterocycles. The summed E-state index contributed by atoms with van der Waals surface area (Å²) in [5, 5.41) is 5.82. The average Bonchev–Trinajstić information content (AvgIpc) is 2.68. The standard InChI is InChI=1S/C22H25ClF3N3S/c1-14-4-3-11-29(13-14)18-8-5-16(6-9-18)15(2)27-21(30)28-17-7-10-20(23)19(12-17)22(24,25)26/h5-10,12,14-15H,3-4,11,13H2,1-2H3,(H2,27,28,30)/t14-,15-/m1/s1. The fourth-order valence-electron chi connectivity index (χ4n) is 3.67. The van der Waals surface area contributed by atoms with Crippen LogP contribution in [0.5, 0.6) is 0 Å². The zero-order valence-electron chi connectivity index (χ0n) is 16.9. The molecule has 30 heavy (non-hydrogen) atoms. The maximum absolute atomic E-state index is 13.0. The molecule has 1 saturated heterocycles. The molecule has 0 radical (unpaired) electrons. The third-order valence-electron chi connectivity index (χ3n) is 5.29. The molecule has 1 aliphatic rings. The van der Waals surface area contributed by atoms with E-state index >= 15 is 0 Å². The highest BCUT2D eigenvalue weighted by atomic mass is 35.5. The number of hydrogen-bond acceptors (Lipinski definition) is 2. The zero-order chi connectivity index (χ0) is 21.9. The number of hydrogen-bond donors (Lipinski definition) is 2. The molecule has 0 unspecified atom stereocenters. The highest BCUT2D eigenvalue weighted by Crippen LogP contribution is 2.36. The molecule has 162 valence electrons. The van der Waals surface area contributed by atoms with Gasteiger partial charge in [0.25, 0.3) is 0 Å². The van der Waals surface area contributed by atoms with Gasteiger partial charge in [0.1, 0.15) is 0 Å². The summed E-state index contributed by atoms with van der Waals surface area (Å²) in [6, 6.07) is 11.8. The molecule has 0 bridgehead atoms. The predicted octanol–water partition coefficient (Wildman–Crippen LogP) is 6.64. The molecular weight excluding hydrogens is 431 g/mol. The van der Waals surface area contributed by atoms with Crippen molar-refractivity contribution in [2.24, 2.45) is 5.92 Å². The van der Waals surface area contributed by atoms with Gasteiger partial charge >= 0.3 is 6.18 Å². The van der Waals surface area contributed by atoms with Gasteiger partial charge in [0, 0.05) is 24.5 Å². The monoisotopic (exact) mass is 455 g/mol. The molecule has 2 aromatic rings. The average molecular weight is 456 g/mol. The van der Waals surface area contributed by atoms with Crippen LogP contribution in [0, 0.1) is 5.92 Å². The number of anilines is 2. The molecule has 0 amide bonds. The molecule has 0 spiro atoms. The van der Waals surface area contributed by atoms with Gasteiger partial charge in [-0.3, -0.25) is 0 Å². The van der Waals surface area contributed by atoms with Gasteiger partial charge in [0.15, 0.2) is 5.11 Å². The lowest BCUT2D eigenvalue weighted by Gasteiger charge is -2.33. The molecule has 3 nitrogen and oxygen atoms in total. The normalized spacial score (nSPS) is 18.1. The summed E-state index contributed by atoms with van der Waals surface area (Å²) in [4.78, 5) is 2.40. The quantitative estimate of drug-likeness (QED) is 0.505. The van der Waals surface area contributed by atoms with Crippen LogP contribution in [0.15, 0.2) is 42.5 Å². The second-order valence-corrected chi connectivity index (χ2v) is 8.61. The molecule has 0 aliphatic carbocycles. The molecule has 0 aromatic heterocycles. The number of nitrogens with zero attached hydrogens (tertiary/aromatic N) is 1. The van der Waals surface area contributed by atoms with Crippen LogP contribution in [0.25, 0.3) is 0 Å². The van der Waals surface area contributed by atoms with E-state index in [0.29, 0.717) is 5.92 Å². The number of piperidine rings is 1. The zero-order valence-corrected chi connectivity index (χ0v) is 18.5. The van der Waals surface area contributed by atoms with E-state index in [1.807, 2.05) is 6.92 Å². The Hall–Kier alpha value is -1.99. The van der Waals surface area contributed by atoms with Gasteiger partial charge in [-0.05, 0) is 73.8 Å². The van der Waals surface area contributed by atoms with Crippen molar-refractivity contribution in [2.45, 2.75) is 38.9 Å². The van der Waals surface area contributed by atoms with Crippen molar-refractivity contribution in [2.75, 3.05) is 23.3 Å². The van der Waals surface area contributed by atoms with E-state index in [9.17, 15) is 13.2 Å². The van der Waals surface area contributed by atoms with Crippen molar-refractivity contribution in [3.05, 3.63) is 58.6 Å². The SMILES string of the molecule is C[C@@H]1CCCN(c2ccc([C@@H](C)NC(=S)Nc3ccc(Cl)c(C(F)(F)F)c3)cc2)C1. The van der Waals surface area contributed by atoms with Crippen LogP contribution in [0.4, 0.5) is 24.5 Å². The summed E-state index contributed by atoms with van der Waals surface area (Å²) in [6.07, 6.45) is -2.04. The smallest absolute Gasteiger partial charge is 0.371 e. The Morgan fingerprint density at radius 2 is 1.90 bits per heavy atom. The lowest BCUT2D eigenvalue weighted by molar-refractivity contribution is -0.137. The summed E-state index contributed by atoms with van der Waals surface area (Å²) in [5.41, 5.74) is 1.58. The lowest BCUT2D eigenvalue weighted by Crippen LogP contribution is -2.34. The van der Waals surface area contributed by atoms with E-state index in [0.717, 1.165) is 24.7 Å². The second kappa shape index (κ2) is 9.43. The Bertz CT molecular complexity index is 886. The van der Waals surface area contributed by atoms with E-state index in [1.165, 1.54) is 30.7 Å². The van der Waals surface area contributed by atoms with Crippen LogP contribution in [-0.2, 0) is 6.18 Å². The Morgan fingerprint density at radius 3 is 2.53 bits per heavy atom. The highest BCUT2D eigenvalue weighted by Gasteiger charge is 2.33. The second-order valence-electron chi connectivity index (χ2n) is 7.80. The topological polar surface area (TPSA) is 27.3 Å². The van der Waals surface area contributed by atoms with Crippen LogP contribution in [0.2, 0.25) is 5.02 Å². The molecule has 2 N–H and O–H groups in total. The number of halogens is 4. The molecule has 1 fully saturated rings. The largest absolute Gasteiger partial charge is 0.417 e. The highest BCUT2D eigenvalue weighted by molar-refractivity contribution is 7.80. The lowest BCUT2D eigenvalue weighted by atomic mass is 9.99. The summed E-state index contributed by atoms with van der Waals surface area (Å²) >= 11 is 10.9. The number of alkyl halides is 3. The van der Waals surface area contributed by atoms with E-state index in [2.05, 4.69) is 46.7 Å². The molecule has 0 saturated carbocycles. The molecular formula is C22H25ClF3N3S. The summed E-state index contributed by atoms with van der Waals surface area (Å²) in [5.74, 6) is 0.702. The van der Waals surface area contributed by atoms with E-state index in [4.69, 9.17) is 23.8 Å². The van der Waals surface area contributed by atoms with E-state index in [1.54, 1.807) is 0 Å². The van der Waals surface area contributed by atoms with E-state index in [-0.39, 0.29) is 21.9 Å². The first kappa shape index (κ1) is 22.7. The molecule has 1 heterocycles. The van der Waals surface area contributed by atoms with Crippen LogP contribution in [-0.4, -0.2) is 18.2 Å². The van der Waals surface area contributed by atoms with Gasteiger partial charge < -0.3 is 15.5 Å². The van der Waals surface area contributed by atoms with Crippen molar-refractivity contribution in [3.8, 4) is 0 Å². The minimum absolute atomic E-state index is 0.103. The third kappa shape index (κ3) is 5.79. The summed E-state index contributed by atoms with van der Waals surface area (Å²) < 4.78 is 39.1. The minimum Gasteiger partial charge on any atom is -0.371 e. The van der Waals surface area contributed by atoms with Gasteiger partial charge in [0.2, 0.25) is 0 Å². The Balaban J connectivity index is 1.60. The van der Waals surface area contributed by atoms with Gasteiger partial charge in [-0.2, -0.15) is 13.2 Å². The van der Waals surface area contributed by atoms with Gasteiger partial charge in [-0.15, -0.1) is 0 Å². The molecule has 2 atom stereocenters. The van der Waals surface area contributed by atoms with Crippen LogP contribution < -0.4 is 15.5 Å². The van der Waals surface area contributed by atoms with E-state index < -0.39 is 11.7 Å². The van der Waals surface area contributed by atoms with Crippen LogP contribution >= 0.6 is 23.8 Å². The molecule has 3 rings (SSSR count). The first-order valence-electron chi connectivity index (χ1n) is 9.92. The van der Waals surface area contributed by atoms with Crippen molar-refractivity contribution in [1.82, 2.24) is 5.32 Å². The van der Waals surface area contributed by atoms with Crippen LogP contribution in [0.1, 0.15) is 43.9 Å². The van der Waals surface area contributed by atoms with Gasteiger partial charge in [-0.1, -0.05) is 30.7 Å². The number of thiocarbonyl (C=S) groups is 1. The van der Waals surface area contributed by atoms with Crippen molar-refractivity contribution in [1.29, 1.82) is 0 Å². The minimum atomic E-state index is -4.52. The van der Waals surface area contributed by atoms with Crippen molar-refractivity contribution >= 4 is 40.3 Å². The number of benzene rings is 2.